The number of aromatic amines is 1. The van der Waals surface area contributed by atoms with E-state index in [0.717, 1.165) is 30.2 Å². The monoisotopic (exact) mass is 186 g/mol. The summed E-state index contributed by atoms with van der Waals surface area (Å²) in [7, 11) is 0. The predicted octanol–water partition coefficient (Wildman–Crippen LogP) is 0.0973. The molecule has 0 radical (unpaired) electrons. The molecular formula is C7H10N2O2S. The zero-order valence-electron chi connectivity index (χ0n) is 6.50. The third kappa shape index (κ3) is 1.43. The molecule has 1 aliphatic rings. The molecular weight excluding hydrogens is 176 g/mol. The molecule has 1 aliphatic heterocycles. The minimum Gasteiger partial charge on any atom is -0.378 e. The first-order valence-corrected chi connectivity index (χ1v) is 4.67. The van der Waals surface area contributed by atoms with Crippen molar-refractivity contribution in [1.29, 1.82) is 0 Å². The minimum atomic E-state index is 0.0775. The van der Waals surface area contributed by atoms with Crippen molar-refractivity contribution in [3.8, 4) is 0 Å². The highest BCUT2D eigenvalue weighted by atomic mass is 32.1. The molecule has 5 heteroatoms. The van der Waals surface area contributed by atoms with Crippen LogP contribution in [0.1, 0.15) is 11.6 Å². The second-order valence-electron chi connectivity index (χ2n) is 2.69. The molecule has 0 aromatic carbocycles. The third-order valence-electron chi connectivity index (χ3n) is 1.90. The Labute approximate surface area is 73.7 Å². The Hall–Kier alpha value is -0.650. The number of hydrogen-bond donors (Lipinski definition) is 2. The molecule has 2 rings (SSSR count). The zero-order chi connectivity index (χ0) is 8.39. The standard InChI is InChI=1S/C7H10N2O2S/c10-7-5(3-9-12-7)6-4-11-2-1-8-6/h3,6,8-9H,1-2,4H2. The zero-order valence-corrected chi connectivity index (χ0v) is 7.32. The molecule has 12 heavy (non-hydrogen) atoms. The van der Waals surface area contributed by atoms with Gasteiger partial charge in [0.15, 0.2) is 0 Å². The van der Waals surface area contributed by atoms with Gasteiger partial charge >= 0.3 is 0 Å². The molecule has 2 heterocycles. The van der Waals surface area contributed by atoms with Crippen molar-refractivity contribution in [2.45, 2.75) is 6.04 Å². The van der Waals surface area contributed by atoms with Crippen molar-refractivity contribution in [1.82, 2.24) is 9.69 Å². The summed E-state index contributed by atoms with van der Waals surface area (Å²) in [6.45, 7) is 2.15. The first kappa shape index (κ1) is 7.97. The van der Waals surface area contributed by atoms with Gasteiger partial charge in [-0.15, -0.1) is 0 Å². The lowest BCUT2D eigenvalue weighted by Crippen LogP contribution is -2.36. The molecule has 0 aliphatic carbocycles. The van der Waals surface area contributed by atoms with Gasteiger partial charge in [-0.05, 0) is 11.5 Å². The summed E-state index contributed by atoms with van der Waals surface area (Å²) >= 11 is 1.12. The number of H-pyrrole nitrogens is 1. The van der Waals surface area contributed by atoms with Gasteiger partial charge in [-0.3, -0.25) is 4.79 Å². The number of hydrogen-bond acceptors (Lipinski definition) is 4. The topological polar surface area (TPSA) is 54.1 Å². The number of nitrogens with one attached hydrogen (secondary N) is 2. The second-order valence-corrected chi connectivity index (χ2v) is 3.50. The molecule has 1 unspecified atom stereocenters. The van der Waals surface area contributed by atoms with Gasteiger partial charge in [-0.2, -0.15) is 0 Å². The highest BCUT2D eigenvalue weighted by Crippen LogP contribution is 2.11. The van der Waals surface area contributed by atoms with Gasteiger partial charge in [0.2, 0.25) is 0 Å². The van der Waals surface area contributed by atoms with Gasteiger partial charge in [0.1, 0.15) is 0 Å². The molecule has 0 saturated carbocycles. The van der Waals surface area contributed by atoms with Crippen LogP contribution in [0.15, 0.2) is 11.0 Å². The van der Waals surface area contributed by atoms with Crippen LogP contribution in [0.25, 0.3) is 0 Å². The molecule has 4 nitrogen and oxygen atoms in total. The molecule has 0 bridgehead atoms. The summed E-state index contributed by atoms with van der Waals surface area (Å²) in [4.78, 5) is 11.2. The fraction of sp³-hybridized carbons (Fsp3) is 0.571. The van der Waals surface area contributed by atoms with Gasteiger partial charge in [0.25, 0.3) is 4.74 Å². The largest absolute Gasteiger partial charge is 0.378 e. The molecule has 0 amide bonds. The van der Waals surface area contributed by atoms with Crippen molar-refractivity contribution < 1.29 is 4.74 Å². The van der Waals surface area contributed by atoms with E-state index in [9.17, 15) is 4.79 Å². The summed E-state index contributed by atoms with van der Waals surface area (Å²) in [5.41, 5.74) is 0.791. The van der Waals surface area contributed by atoms with E-state index in [0.29, 0.717) is 6.61 Å². The Morgan fingerprint density at radius 3 is 3.17 bits per heavy atom. The lowest BCUT2D eigenvalue weighted by atomic mass is 10.1. The highest BCUT2D eigenvalue weighted by molar-refractivity contribution is 7.03. The average molecular weight is 186 g/mol. The molecule has 1 aromatic rings. The van der Waals surface area contributed by atoms with Crippen molar-refractivity contribution in [3.63, 3.8) is 0 Å². The van der Waals surface area contributed by atoms with E-state index in [4.69, 9.17) is 4.74 Å². The van der Waals surface area contributed by atoms with Crippen LogP contribution in [0.4, 0.5) is 0 Å². The Bertz CT molecular complexity index is 300. The lowest BCUT2D eigenvalue weighted by molar-refractivity contribution is 0.0767. The summed E-state index contributed by atoms with van der Waals surface area (Å²) in [5.74, 6) is 0. The van der Waals surface area contributed by atoms with E-state index in [1.165, 1.54) is 0 Å². The quantitative estimate of drug-likeness (QED) is 0.654. The van der Waals surface area contributed by atoms with Crippen LogP contribution in [0, 0.1) is 0 Å². The van der Waals surface area contributed by atoms with Crippen LogP contribution >= 0.6 is 11.5 Å². The summed E-state index contributed by atoms with van der Waals surface area (Å²) in [6, 6.07) is 0.0775. The Morgan fingerprint density at radius 2 is 2.58 bits per heavy atom. The lowest BCUT2D eigenvalue weighted by Gasteiger charge is -2.21. The predicted molar refractivity (Wildman–Crippen MR) is 46.5 cm³/mol. The molecule has 1 aromatic heterocycles. The van der Waals surface area contributed by atoms with E-state index in [1.54, 1.807) is 6.20 Å². The average Bonchev–Trinajstić information content (AvgIpc) is 2.53. The second kappa shape index (κ2) is 3.38. The molecule has 66 valence electrons. The molecule has 2 N–H and O–H groups in total. The van der Waals surface area contributed by atoms with Gasteiger partial charge in [0.05, 0.1) is 19.3 Å². The maximum atomic E-state index is 11.2. The number of rotatable bonds is 1. The summed E-state index contributed by atoms with van der Waals surface area (Å²) in [5, 5.41) is 3.22. The normalized spacial score (nSPS) is 24.2. The third-order valence-corrected chi connectivity index (χ3v) is 2.56. The van der Waals surface area contributed by atoms with Crippen molar-refractivity contribution in [3.05, 3.63) is 21.3 Å². The van der Waals surface area contributed by atoms with E-state index >= 15 is 0 Å². The van der Waals surface area contributed by atoms with E-state index in [-0.39, 0.29) is 10.8 Å². The first-order chi connectivity index (χ1) is 5.88. The van der Waals surface area contributed by atoms with Crippen LogP contribution in [-0.2, 0) is 4.74 Å². The van der Waals surface area contributed by atoms with Crippen LogP contribution < -0.4 is 10.1 Å². The summed E-state index contributed by atoms with van der Waals surface area (Å²) < 4.78 is 8.17. The van der Waals surface area contributed by atoms with E-state index < -0.39 is 0 Å². The Kier molecular flexibility index (Phi) is 2.25. The smallest absolute Gasteiger partial charge is 0.254 e. The van der Waals surface area contributed by atoms with Gasteiger partial charge in [-0.1, -0.05) is 0 Å². The Morgan fingerprint density at radius 1 is 1.67 bits per heavy atom. The van der Waals surface area contributed by atoms with Gasteiger partial charge in [0, 0.05) is 18.3 Å². The molecule has 1 fully saturated rings. The van der Waals surface area contributed by atoms with Crippen LogP contribution in [0.2, 0.25) is 0 Å². The van der Waals surface area contributed by atoms with Crippen molar-refractivity contribution in [2.24, 2.45) is 0 Å². The summed E-state index contributed by atoms with van der Waals surface area (Å²) in [6.07, 6.45) is 1.75. The fourth-order valence-corrected chi connectivity index (χ4v) is 1.88. The van der Waals surface area contributed by atoms with Gasteiger partial charge in [-0.25, -0.2) is 0 Å². The van der Waals surface area contributed by atoms with Crippen molar-refractivity contribution in [2.75, 3.05) is 19.8 Å². The van der Waals surface area contributed by atoms with Crippen LogP contribution in [0.3, 0.4) is 0 Å². The van der Waals surface area contributed by atoms with E-state index in [1.807, 2.05) is 0 Å². The van der Waals surface area contributed by atoms with Crippen LogP contribution in [-0.4, -0.2) is 24.1 Å². The Balaban J connectivity index is 2.18. The molecule has 1 atom stereocenters. The highest BCUT2D eigenvalue weighted by Gasteiger charge is 2.18. The fourth-order valence-electron chi connectivity index (χ4n) is 1.27. The SMILES string of the molecule is O=c1s[nH]cc1C1COCCN1. The number of ether oxygens (including phenoxy) is 1. The number of aromatic nitrogens is 1. The molecule has 0 spiro atoms. The minimum absolute atomic E-state index is 0.0775. The number of morpholine rings is 1. The molecule has 1 saturated heterocycles. The van der Waals surface area contributed by atoms with Crippen LogP contribution in [0.5, 0.6) is 0 Å². The van der Waals surface area contributed by atoms with Crippen molar-refractivity contribution >= 4 is 11.5 Å². The maximum absolute atomic E-state index is 11.2. The van der Waals surface area contributed by atoms with E-state index in [2.05, 4.69) is 9.69 Å². The first-order valence-electron chi connectivity index (χ1n) is 3.86. The maximum Gasteiger partial charge on any atom is 0.254 e. The van der Waals surface area contributed by atoms with Gasteiger partial charge < -0.3 is 14.4 Å².